The first-order valence-corrected chi connectivity index (χ1v) is 10.4. The first-order chi connectivity index (χ1) is 15.1. The monoisotopic (exact) mass is 442 g/mol. The number of hydrogen-bond donors (Lipinski definition) is 1. The molecule has 1 aromatic carbocycles. The van der Waals surface area contributed by atoms with Gasteiger partial charge in [0, 0.05) is 19.2 Å². The fraction of sp³-hybridized carbons (Fsp3) is 0.286. The highest BCUT2D eigenvalue weighted by Gasteiger charge is 2.35. The van der Waals surface area contributed by atoms with Gasteiger partial charge in [-0.3, -0.25) is 0 Å². The molecule has 2 saturated heterocycles. The van der Waals surface area contributed by atoms with Crippen molar-refractivity contribution in [1.82, 2.24) is 14.8 Å². The van der Waals surface area contributed by atoms with Crippen LogP contribution >= 0.6 is 11.6 Å². The Morgan fingerprint density at radius 1 is 1.10 bits per heavy atom. The Morgan fingerprint density at radius 3 is 2.58 bits per heavy atom. The molecule has 7 nitrogen and oxygen atoms in total. The predicted octanol–water partition coefficient (Wildman–Crippen LogP) is 4.07. The summed E-state index contributed by atoms with van der Waals surface area (Å²) >= 11 is 6.32. The number of nitrogens with one attached hydrogen (secondary N) is 1. The van der Waals surface area contributed by atoms with E-state index in [-0.39, 0.29) is 34.4 Å². The molecule has 3 aliphatic heterocycles. The molecule has 2 fully saturated rings. The Kier molecular flexibility index (Phi) is 4.22. The summed E-state index contributed by atoms with van der Waals surface area (Å²) in [4.78, 5) is 11.2. The lowest BCUT2D eigenvalue weighted by Gasteiger charge is -2.33. The number of anilines is 2. The van der Waals surface area contributed by atoms with Crippen LogP contribution in [0.4, 0.5) is 26.1 Å². The standard InChI is InChI=1S/C21H17ClF2N6O/c22-13-7-26-30-17-6-18(29-9-11-4-5-12(10-29)31-11)25-8-16(17)27-20(28-21(13)30)19-14(23)2-1-3-15(19)24/h1-3,6-8,11-12H,4-5,9-10H2,(H,27,28). The van der Waals surface area contributed by atoms with Crippen molar-refractivity contribution in [1.29, 1.82) is 0 Å². The number of aromatic nitrogens is 3. The highest BCUT2D eigenvalue weighted by molar-refractivity contribution is 6.33. The number of halogens is 3. The van der Waals surface area contributed by atoms with Gasteiger partial charge in [0.15, 0.2) is 5.82 Å². The van der Waals surface area contributed by atoms with Gasteiger partial charge in [0.05, 0.1) is 41.5 Å². The summed E-state index contributed by atoms with van der Waals surface area (Å²) in [6, 6.07) is 5.55. The lowest BCUT2D eigenvalue weighted by molar-refractivity contribution is 0.0302. The van der Waals surface area contributed by atoms with E-state index in [2.05, 4.69) is 25.3 Å². The Hall–Kier alpha value is -3.04. The zero-order valence-electron chi connectivity index (χ0n) is 16.2. The average molecular weight is 443 g/mol. The topological polar surface area (TPSA) is 67.6 Å². The molecule has 2 atom stereocenters. The van der Waals surface area contributed by atoms with Crippen LogP contribution < -0.4 is 10.2 Å². The molecule has 2 bridgehead atoms. The number of hydrogen-bond acceptors (Lipinski definition) is 6. The quantitative estimate of drug-likeness (QED) is 0.648. The van der Waals surface area contributed by atoms with E-state index in [1.54, 1.807) is 10.9 Å². The van der Waals surface area contributed by atoms with Crippen molar-refractivity contribution in [3.63, 3.8) is 0 Å². The molecular formula is C21H17ClF2N6O. The van der Waals surface area contributed by atoms with Crippen LogP contribution in [0.5, 0.6) is 0 Å². The lowest BCUT2D eigenvalue weighted by Crippen LogP contribution is -2.43. The summed E-state index contributed by atoms with van der Waals surface area (Å²) in [5.74, 6) is -0.406. The molecule has 0 amide bonds. The van der Waals surface area contributed by atoms with Crippen molar-refractivity contribution in [2.45, 2.75) is 25.0 Å². The molecule has 2 unspecified atom stereocenters. The number of amidine groups is 1. The van der Waals surface area contributed by atoms with Gasteiger partial charge in [0.2, 0.25) is 0 Å². The van der Waals surface area contributed by atoms with Crippen molar-refractivity contribution in [2.75, 3.05) is 23.3 Å². The van der Waals surface area contributed by atoms with Gasteiger partial charge in [0.1, 0.15) is 28.3 Å². The number of nitrogens with zero attached hydrogens (tertiary/aromatic N) is 5. The SMILES string of the molecule is Fc1cccc(F)c1C1=Nc2c(Cl)cnn2-c2cc(N3CC4CCC(C3)O4)ncc2N1. The summed E-state index contributed by atoms with van der Waals surface area (Å²) < 4.78 is 36.4. The highest BCUT2D eigenvalue weighted by atomic mass is 35.5. The molecule has 0 spiro atoms. The maximum atomic E-state index is 14.5. The number of rotatable bonds is 2. The first-order valence-electron chi connectivity index (χ1n) is 10.0. The number of pyridine rings is 1. The molecule has 0 aliphatic carbocycles. The molecule has 1 N–H and O–H groups in total. The van der Waals surface area contributed by atoms with Gasteiger partial charge in [0.25, 0.3) is 0 Å². The van der Waals surface area contributed by atoms with Crippen LogP contribution in [0.2, 0.25) is 5.02 Å². The van der Waals surface area contributed by atoms with Crippen LogP contribution in [0.1, 0.15) is 18.4 Å². The first kappa shape index (κ1) is 18.7. The van der Waals surface area contributed by atoms with Crippen molar-refractivity contribution < 1.29 is 13.5 Å². The van der Waals surface area contributed by atoms with Crippen molar-refractivity contribution in [3.8, 4) is 5.69 Å². The maximum absolute atomic E-state index is 14.5. The lowest BCUT2D eigenvalue weighted by atomic mass is 10.1. The van der Waals surface area contributed by atoms with Gasteiger partial charge in [-0.25, -0.2) is 23.4 Å². The van der Waals surface area contributed by atoms with E-state index in [9.17, 15) is 8.78 Å². The molecule has 2 aromatic heterocycles. The molecule has 0 saturated carbocycles. The second-order valence-corrected chi connectivity index (χ2v) is 8.24. The van der Waals surface area contributed by atoms with Gasteiger partial charge in [-0.15, -0.1) is 0 Å². The van der Waals surface area contributed by atoms with Gasteiger partial charge in [-0.05, 0) is 25.0 Å². The van der Waals surface area contributed by atoms with E-state index in [0.717, 1.165) is 31.7 Å². The van der Waals surface area contributed by atoms with E-state index in [1.165, 1.54) is 24.4 Å². The molecule has 31 heavy (non-hydrogen) atoms. The van der Waals surface area contributed by atoms with Crippen molar-refractivity contribution >= 4 is 34.8 Å². The van der Waals surface area contributed by atoms with E-state index >= 15 is 0 Å². The number of ether oxygens (including phenoxy) is 1. The summed E-state index contributed by atoms with van der Waals surface area (Å²) in [6.45, 7) is 1.54. The molecule has 158 valence electrons. The van der Waals surface area contributed by atoms with E-state index in [4.69, 9.17) is 16.3 Å². The summed E-state index contributed by atoms with van der Waals surface area (Å²) in [6.07, 6.45) is 5.62. The van der Waals surface area contributed by atoms with E-state index in [1.807, 2.05) is 6.07 Å². The second-order valence-electron chi connectivity index (χ2n) is 7.83. The Labute approximate surface area is 181 Å². The average Bonchev–Trinajstić information content (AvgIpc) is 3.23. The Balaban J connectivity index is 1.46. The van der Waals surface area contributed by atoms with E-state index < -0.39 is 11.6 Å². The zero-order chi connectivity index (χ0) is 21.1. The smallest absolute Gasteiger partial charge is 0.176 e. The summed E-state index contributed by atoms with van der Waals surface area (Å²) in [7, 11) is 0. The fourth-order valence-electron chi connectivity index (χ4n) is 4.38. The number of fused-ring (bicyclic) bond motifs is 5. The normalized spacial score (nSPS) is 21.8. The number of aliphatic imine (C=N–C) groups is 1. The van der Waals surface area contributed by atoms with Crippen LogP contribution in [0.3, 0.4) is 0 Å². The van der Waals surface area contributed by atoms with Crippen LogP contribution in [-0.4, -0.2) is 45.9 Å². The van der Waals surface area contributed by atoms with Crippen LogP contribution in [0, 0.1) is 11.6 Å². The molecule has 0 radical (unpaired) electrons. The third kappa shape index (κ3) is 3.07. The maximum Gasteiger partial charge on any atom is 0.176 e. The van der Waals surface area contributed by atoms with Gasteiger partial charge >= 0.3 is 0 Å². The third-order valence-electron chi connectivity index (χ3n) is 5.83. The molecule has 3 aromatic rings. The van der Waals surface area contributed by atoms with Crippen LogP contribution in [0.25, 0.3) is 5.69 Å². The number of morpholine rings is 1. The van der Waals surface area contributed by atoms with Crippen molar-refractivity contribution in [2.24, 2.45) is 4.99 Å². The van der Waals surface area contributed by atoms with Crippen LogP contribution in [-0.2, 0) is 4.74 Å². The minimum Gasteiger partial charge on any atom is -0.371 e. The fourth-order valence-corrected chi connectivity index (χ4v) is 4.55. The Morgan fingerprint density at radius 2 is 1.84 bits per heavy atom. The van der Waals surface area contributed by atoms with Gasteiger partial charge in [-0.1, -0.05) is 17.7 Å². The minimum absolute atomic E-state index is 0.00281. The molecule has 5 heterocycles. The molecule has 6 rings (SSSR count). The minimum atomic E-state index is -0.731. The molecule has 3 aliphatic rings. The summed E-state index contributed by atoms with van der Waals surface area (Å²) in [5.41, 5.74) is 0.883. The van der Waals surface area contributed by atoms with Gasteiger partial charge in [-0.2, -0.15) is 5.10 Å². The highest BCUT2D eigenvalue weighted by Crippen LogP contribution is 2.37. The molecule has 10 heteroatoms. The second kappa shape index (κ2) is 7.00. The number of benzene rings is 1. The van der Waals surface area contributed by atoms with E-state index in [0.29, 0.717) is 11.4 Å². The molecular weight excluding hydrogens is 426 g/mol. The van der Waals surface area contributed by atoms with Crippen molar-refractivity contribution in [3.05, 3.63) is 58.9 Å². The van der Waals surface area contributed by atoms with Gasteiger partial charge < -0.3 is 15.0 Å². The predicted molar refractivity (Wildman–Crippen MR) is 113 cm³/mol. The largest absolute Gasteiger partial charge is 0.371 e. The third-order valence-corrected chi connectivity index (χ3v) is 6.10. The Bertz CT molecular complexity index is 1200. The van der Waals surface area contributed by atoms with Crippen LogP contribution in [0.15, 0.2) is 41.7 Å². The zero-order valence-corrected chi connectivity index (χ0v) is 17.0. The summed E-state index contributed by atoms with van der Waals surface area (Å²) in [5, 5.41) is 7.63.